The second-order valence-electron chi connectivity index (χ2n) is 4.63. The number of hydrogen-bond acceptors (Lipinski definition) is 3. The van der Waals surface area contributed by atoms with Crippen molar-refractivity contribution < 1.29 is 9.90 Å². The molecule has 2 rings (SSSR count). The predicted molar refractivity (Wildman–Crippen MR) is 78.3 cm³/mol. The summed E-state index contributed by atoms with van der Waals surface area (Å²) < 4.78 is 0. The van der Waals surface area contributed by atoms with Gasteiger partial charge in [0.2, 0.25) is 0 Å². The smallest absolute Gasteiger partial charge is 0.255 e. The van der Waals surface area contributed by atoms with Gasteiger partial charge in [-0.25, -0.2) is 0 Å². The number of para-hydroxylation sites is 1. The number of nitrogens with two attached hydrogens (primary N) is 1. The van der Waals surface area contributed by atoms with Crippen molar-refractivity contribution in [1.82, 2.24) is 5.32 Å². The van der Waals surface area contributed by atoms with Gasteiger partial charge in [0.1, 0.15) is 5.75 Å². The molecule has 0 aliphatic carbocycles. The topological polar surface area (TPSA) is 75.4 Å². The van der Waals surface area contributed by atoms with E-state index in [1.54, 1.807) is 25.1 Å². The average Bonchev–Trinajstić information content (AvgIpc) is 2.48. The standard InChI is InChI=1S/C16H18N2O2/c1-11-5-4-8-14(15(11)19)16(20)18-10-13-7-3-2-6-12(13)9-17/h2-8,19H,9-10,17H2,1H3,(H,18,20). The number of rotatable bonds is 4. The van der Waals surface area contributed by atoms with Gasteiger partial charge in [0, 0.05) is 13.1 Å². The van der Waals surface area contributed by atoms with Crippen LogP contribution in [0.2, 0.25) is 0 Å². The first kappa shape index (κ1) is 14.1. The molecule has 1 amide bonds. The summed E-state index contributed by atoms with van der Waals surface area (Å²) in [5.41, 5.74) is 8.61. The molecule has 4 nitrogen and oxygen atoms in total. The van der Waals surface area contributed by atoms with Gasteiger partial charge in [-0.05, 0) is 29.7 Å². The quantitative estimate of drug-likeness (QED) is 0.796. The molecule has 0 radical (unpaired) electrons. The van der Waals surface area contributed by atoms with E-state index in [1.807, 2.05) is 24.3 Å². The van der Waals surface area contributed by atoms with Gasteiger partial charge in [-0.3, -0.25) is 4.79 Å². The van der Waals surface area contributed by atoms with Crippen LogP contribution in [0.4, 0.5) is 0 Å². The van der Waals surface area contributed by atoms with E-state index in [2.05, 4.69) is 5.32 Å². The predicted octanol–water partition coefficient (Wildman–Crippen LogP) is 2.09. The van der Waals surface area contributed by atoms with Crippen molar-refractivity contribution in [1.29, 1.82) is 0 Å². The summed E-state index contributed by atoms with van der Waals surface area (Å²) in [6.07, 6.45) is 0. The lowest BCUT2D eigenvalue weighted by Gasteiger charge is -2.10. The number of carbonyl (C=O) groups excluding carboxylic acids is 1. The van der Waals surface area contributed by atoms with Crippen LogP contribution < -0.4 is 11.1 Å². The van der Waals surface area contributed by atoms with E-state index >= 15 is 0 Å². The Balaban J connectivity index is 2.11. The molecule has 0 saturated heterocycles. The number of carbonyl (C=O) groups is 1. The van der Waals surface area contributed by atoms with Gasteiger partial charge >= 0.3 is 0 Å². The van der Waals surface area contributed by atoms with Crippen LogP contribution >= 0.6 is 0 Å². The van der Waals surface area contributed by atoms with Crippen molar-refractivity contribution >= 4 is 5.91 Å². The van der Waals surface area contributed by atoms with E-state index in [0.717, 1.165) is 11.1 Å². The van der Waals surface area contributed by atoms with Gasteiger partial charge in [0.05, 0.1) is 5.56 Å². The molecule has 0 aliphatic rings. The Morgan fingerprint density at radius 2 is 1.85 bits per heavy atom. The van der Waals surface area contributed by atoms with Crippen LogP contribution in [0.3, 0.4) is 0 Å². The molecule has 0 saturated carbocycles. The molecule has 2 aromatic rings. The Morgan fingerprint density at radius 1 is 1.15 bits per heavy atom. The summed E-state index contributed by atoms with van der Waals surface area (Å²) in [4.78, 5) is 12.1. The lowest BCUT2D eigenvalue weighted by Crippen LogP contribution is -2.23. The SMILES string of the molecule is Cc1cccc(C(=O)NCc2ccccc2CN)c1O. The van der Waals surface area contributed by atoms with Gasteiger partial charge in [-0.1, -0.05) is 36.4 Å². The molecule has 0 heterocycles. The zero-order valence-corrected chi connectivity index (χ0v) is 11.4. The van der Waals surface area contributed by atoms with E-state index in [9.17, 15) is 9.90 Å². The Morgan fingerprint density at radius 3 is 2.55 bits per heavy atom. The maximum Gasteiger partial charge on any atom is 0.255 e. The number of nitrogens with one attached hydrogen (secondary N) is 1. The highest BCUT2D eigenvalue weighted by molar-refractivity contribution is 5.97. The van der Waals surface area contributed by atoms with Crippen LogP contribution in [0.1, 0.15) is 27.0 Å². The van der Waals surface area contributed by atoms with Gasteiger partial charge in [-0.15, -0.1) is 0 Å². The number of aryl methyl sites for hydroxylation is 1. The van der Waals surface area contributed by atoms with Crippen LogP contribution in [0.25, 0.3) is 0 Å². The van der Waals surface area contributed by atoms with E-state index in [-0.39, 0.29) is 17.2 Å². The molecular formula is C16H18N2O2. The Hall–Kier alpha value is -2.33. The fourth-order valence-electron chi connectivity index (χ4n) is 2.04. The van der Waals surface area contributed by atoms with Gasteiger partial charge in [0.25, 0.3) is 5.91 Å². The first-order valence-electron chi connectivity index (χ1n) is 6.47. The maximum atomic E-state index is 12.1. The summed E-state index contributed by atoms with van der Waals surface area (Å²) in [6, 6.07) is 12.8. The first-order valence-corrected chi connectivity index (χ1v) is 6.47. The van der Waals surface area contributed by atoms with Gasteiger partial charge in [-0.2, -0.15) is 0 Å². The third-order valence-electron chi connectivity index (χ3n) is 3.26. The highest BCUT2D eigenvalue weighted by Crippen LogP contribution is 2.21. The average molecular weight is 270 g/mol. The Labute approximate surface area is 118 Å². The molecule has 0 aromatic heterocycles. The first-order chi connectivity index (χ1) is 9.63. The third-order valence-corrected chi connectivity index (χ3v) is 3.26. The fraction of sp³-hybridized carbons (Fsp3) is 0.188. The maximum absolute atomic E-state index is 12.1. The van der Waals surface area contributed by atoms with Crippen molar-refractivity contribution in [2.24, 2.45) is 5.73 Å². The zero-order valence-electron chi connectivity index (χ0n) is 11.4. The Kier molecular flexibility index (Phi) is 4.38. The Bertz CT molecular complexity index is 624. The summed E-state index contributed by atoms with van der Waals surface area (Å²) in [7, 11) is 0. The minimum atomic E-state index is -0.293. The summed E-state index contributed by atoms with van der Waals surface area (Å²) >= 11 is 0. The summed E-state index contributed by atoms with van der Waals surface area (Å²) in [5, 5.41) is 12.7. The second kappa shape index (κ2) is 6.21. The van der Waals surface area contributed by atoms with Crippen molar-refractivity contribution in [3.05, 3.63) is 64.7 Å². The summed E-state index contributed by atoms with van der Waals surface area (Å²) in [5.74, 6) is -0.268. The molecular weight excluding hydrogens is 252 g/mol. The molecule has 4 heteroatoms. The van der Waals surface area contributed by atoms with Crippen molar-refractivity contribution in [2.45, 2.75) is 20.0 Å². The van der Waals surface area contributed by atoms with Crippen molar-refractivity contribution in [3.63, 3.8) is 0 Å². The molecule has 0 bridgehead atoms. The summed E-state index contributed by atoms with van der Waals surface area (Å²) in [6.45, 7) is 2.58. The molecule has 0 fully saturated rings. The lowest BCUT2D eigenvalue weighted by atomic mass is 10.1. The van der Waals surface area contributed by atoms with Crippen LogP contribution in [-0.2, 0) is 13.1 Å². The van der Waals surface area contributed by atoms with Crippen LogP contribution in [0.15, 0.2) is 42.5 Å². The molecule has 0 aliphatic heterocycles. The van der Waals surface area contributed by atoms with Crippen LogP contribution in [0.5, 0.6) is 5.75 Å². The molecule has 20 heavy (non-hydrogen) atoms. The number of phenols is 1. The van der Waals surface area contributed by atoms with Crippen molar-refractivity contribution in [2.75, 3.05) is 0 Å². The number of benzene rings is 2. The fourth-order valence-corrected chi connectivity index (χ4v) is 2.04. The van der Waals surface area contributed by atoms with Crippen molar-refractivity contribution in [3.8, 4) is 5.75 Å². The van der Waals surface area contributed by atoms with E-state index < -0.39 is 0 Å². The molecule has 104 valence electrons. The highest BCUT2D eigenvalue weighted by atomic mass is 16.3. The number of hydrogen-bond donors (Lipinski definition) is 3. The van der Waals surface area contributed by atoms with E-state index in [1.165, 1.54) is 0 Å². The largest absolute Gasteiger partial charge is 0.507 e. The monoisotopic (exact) mass is 270 g/mol. The number of phenolic OH excluding ortho intramolecular Hbond substituents is 1. The third kappa shape index (κ3) is 2.97. The minimum absolute atomic E-state index is 0.0251. The molecule has 4 N–H and O–H groups in total. The number of aromatic hydroxyl groups is 1. The van der Waals surface area contributed by atoms with E-state index in [0.29, 0.717) is 18.7 Å². The molecule has 0 unspecified atom stereocenters. The highest BCUT2D eigenvalue weighted by Gasteiger charge is 2.12. The van der Waals surface area contributed by atoms with Crippen LogP contribution in [0, 0.1) is 6.92 Å². The minimum Gasteiger partial charge on any atom is -0.507 e. The normalized spacial score (nSPS) is 10.3. The molecule has 0 atom stereocenters. The van der Waals surface area contributed by atoms with Gasteiger partial charge in [0.15, 0.2) is 0 Å². The van der Waals surface area contributed by atoms with Crippen LogP contribution in [-0.4, -0.2) is 11.0 Å². The molecule has 0 spiro atoms. The zero-order chi connectivity index (χ0) is 14.5. The lowest BCUT2D eigenvalue weighted by molar-refractivity contribution is 0.0948. The van der Waals surface area contributed by atoms with E-state index in [4.69, 9.17) is 5.73 Å². The number of amides is 1. The molecule has 2 aromatic carbocycles. The van der Waals surface area contributed by atoms with Gasteiger partial charge < -0.3 is 16.2 Å². The second-order valence-corrected chi connectivity index (χ2v) is 4.63.